The largest absolute Gasteiger partial charge is 0.378 e. The number of aromatic nitrogens is 2. The van der Waals surface area contributed by atoms with Crippen molar-refractivity contribution in [3.8, 4) is 11.4 Å². The third kappa shape index (κ3) is 3.58. The molecule has 1 N–H and O–H groups in total. The Bertz CT molecular complexity index is 687. The molecule has 1 aromatic carbocycles. The Balaban J connectivity index is 1.66. The monoisotopic (exact) mass is 328 g/mol. The number of carbonyl (C=O) groups is 1. The van der Waals surface area contributed by atoms with Gasteiger partial charge in [0.05, 0.1) is 0 Å². The van der Waals surface area contributed by atoms with Gasteiger partial charge < -0.3 is 14.7 Å². The van der Waals surface area contributed by atoms with Crippen molar-refractivity contribution < 1.29 is 9.32 Å². The molecule has 1 aliphatic carbocycles. The second kappa shape index (κ2) is 7.03. The summed E-state index contributed by atoms with van der Waals surface area (Å²) >= 11 is 0. The van der Waals surface area contributed by atoms with Crippen molar-refractivity contribution in [2.75, 3.05) is 19.0 Å². The molecule has 1 aliphatic rings. The number of carbonyl (C=O) groups excluding carboxylic acids is 1. The van der Waals surface area contributed by atoms with Crippen molar-refractivity contribution in [3.63, 3.8) is 0 Å². The van der Waals surface area contributed by atoms with E-state index in [0.717, 1.165) is 36.9 Å². The highest BCUT2D eigenvalue weighted by Gasteiger charge is 2.25. The molecule has 1 heterocycles. The van der Waals surface area contributed by atoms with Gasteiger partial charge in [-0.2, -0.15) is 4.98 Å². The first kappa shape index (κ1) is 16.5. The number of hydrogen-bond donors (Lipinski definition) is 1. The number of hydrogen-bond acceptors (Lipinski definition) is 5. The molecular weight excluding hydrogens is 304 g/mol. The normalized spacial score (nSPS) is 16.1. The van der Waals surface area contributed by atoms with Crippen LogP contribution in [-0.4, -0.2) is 30.1 Å². The van der Waals surface area contributed by atoms with Crippen LogP contribution in [0.25, 0.3) is 11.4 Å². The van der Waals surface area contributed by atoms with Gasteiger partial charge in [-0.3, -0.25) is 4.79 Å². The van der Waals surface area contributed by atoms with Crippen LogP contribution >= 0.6 is 0 Å². The molecule has 24 heavy (non-hydrogen) atoms. The van der Waals surface area contributed by atoms with Crippen molar-refractivity contribution in [1.29, 1.82) is 0 Å². The lowest BCUT2D eigenvalue weighted by Gasteiger charge is -2.13. The fourth-order valence-corrected chi connectivity index (χ4v) is 3.02. The Morgan fingerprint density at radius 1 is 1.25 bits per heavy atom. The van der Waals surface area contributed by atoms with Crippen LogP contribution in [0.3, 0.4) is 0 Å². The van der Waals surface area contributed by atoms with E-state index < -0.39 is 0 Å². The minimum Gasteiger partial charge on any atom is -0.378 e. The molecule has 6 nitrogen and oxygen atoms in total. The van der Waals surface area contributed by atoms with Crippen molar-refractivity contribution in [3.05, 3.63) is 30.2 Å². The molecule has 1 amide bonds. The van der Waals surface area contributed by atoms with E-state index in [1.54, 1.807) is 0 Å². The number of nitrogens with one attached hydrogen (secondary N) is 1. The Kier molecular flexibility index (Phi) is 4.83. The van der Waals surface area contributed by atoms with Crippen LogP contribution < -0.4 is 10.2 Å². The number of benzene rings is 1. The van der Waals surface area contributed by atoms with Gasteiger partial charge in [-0.05, 0) is 44.0 Å². The van der Waals surface area contributed by atoms with E-state index >= 15 is 0 Å². The predicted octanol–water partition coefficient (Wildman–Crippen LogP) is 3.17. The van der Waals surface area contributed by atoms with Crippen molar-refractivity contribution >= 4 is 11.6 Å². The summed E-state index contributed by atoms with van der Waals surface area (Å²) in [5, 5.41) is 7.02. The van der Waals surface area contributed by atoms with E-state index in [9.17, 15) is 4.79 Å². The first-order chi connectivity index (χ1) is 11.5. The molecule has 128 valence electrons. The lowest BCUT2D eigenvalue weighted by atomic mass is 10.1. The lowest BCUT2D eigenvalue weighted by Crippen LogP contribution is -2.31. The van der Waals surface area contributed by atoms with Crippen LogP contribution in [-0.2, 0) is 4.79 Å². The number of rotatable bonds is 5. The van der Waals surface area contributed by atoms with Crippen molar-refractivity contribution in [2.45, 2.75) is 38.6 Å². The molecule has 1 aromatic heterocycles. The topological polar surface area (TPSA) is 71.3 Å². The Hall–Kier alpha value is -2.37. The fraction of sp³-hybridized carbons (Fsp3) is 0.500. The quantitative estimate of drug-likeness (QED) is 0.913. The SMILES string of the molecule is CC(NC(=O)C1CCCC1)c1nc(-c2ccc(N(C)C)cc2)no1. The maximum atomic E-state index is 12.2. The number of amides is 1. The summed E-state index contributed by atoms with van der Waals surface area (Å²) in [6.07, 6.45) is 4.23. The average Bonchev–Trinajstić information content (AvgIpc) is 3.26. The molecule has 1 atom stereocenters. The van der Waals surface area contributed by atoms with Crippen LogP contribution in [0.4, 0.5) is 5.69 Å². The summed E-state index contributed by atoms with van der Waals surface area (Å²) in [6.45, 7) is 1.87. The Labute approximate surface area is 142 Å². The third-order valence-electron chi connectivity index (χ3n) is 4.54. The molecule has 0 radical (unpaired) electrons. The summed E-state index contributed by atoms with van der Waals surface area (Å²) in [5.41, 5.74) is 2.00. The highest BCUT2D eigenvalue weighted by atomic mass is 16.5. The summed E-state index contributed by atoms with van der Waals surface area (Å²) in [7, 11) is 3.99. The summed E-state index contributed by atoms with van der Waals surface area (Å²) in [6, 6.07) is 7.67. The number of anilines is 1. The van der Waals surface area contributed by atoms with Gasteiger partial charge in [0.2, 0.25) is 17.6 Å². The van der Waals surface area contributed by atoms with Crippen LogP contribution in [0.15, 0.2) is 28.8 Å². The molecule has 3 rings (SSSR count). The smallest absolute Gasteiger partial charge is 0.249 e. The van der Waals surface area contributed by atoms with E-state index in [0.29, 0.717) is 11.7 Å². The Morgan fingerprint density at radius 2 is 1.92 bits per heavy atom. The van der Waals surface area contributed by atoms with Crippen LogP contribution in [0, 0.1) is 5.92 Å². The minimum atomic E-state index is -0.277. The van der Waals surface area contributed by atoms with Crippen LogP contribution in [0.5, 0.6) is 0 Å². The molecular formula is C18H24N4O2. The lowest BCUT2D eigenvalue weighted by molar-refractivity contribution is -0.125. The van der Waals surface area contributed by atoms with Gasteiger partial charge in [0.15, 0.2) is 0 Å². The summed E-state index contributed by atoms with van der Waals surface area (Å²) in [5.74, 6) is 1.20. The second-order valence-electron chi connectivity index (χ2n) is 6.61. The van der Waals surface area contributed by atoms with Crippen molar-refractivity contribution in [2.24, 2.45) is 5.92 Å². The zero-order valence-electron chi connectivity index (χ0n) is 14.5. The first-order valence-electron chi connectivity index (χ1n) is 8.46. The first-order valence-corrected chi connectivity index (χ1v) is 8.46. The van der Waals surface area contributed by atoms with Crippen LogP contribution in [0.2, 0.25) is 0 Å². The average molecular weight is 328 g/mol. The zero-order chi connectivity index (χ0) is 17.1. The minimum absolute atomic E-state index is 0.0927. The van der Waals surface area contributed by atoms with Gasteiger partial charge in [0.1, 0.15) is 6.04 Å². The van der Waals surface area contributed by atoms with Gasteiger partial charge in [-0.25, -0.2) is 0 Å². The fourth-order valence-electron chi connectivity index (χ4n) is 3.02. The maximum absolute atomic E-state index is 12.2. The van der Waals surface area contributed by atoms with Crippen molar-refractivity contribution in [1.82, 2.24) is 15.5 Å². The molecule has 1 unspecified atom stereocenters. The van der Waals surface area contributed by atoms with E-state index in [-0.39, 0.29) is 17.9 Å². The van der Waals surface area contributed by atoms with Gasteiger partial charge in [-0.1, -0.05) is 18.0 Å². The highest BCUT2D eigenvalue weighted by molar-refractivity contribution is 5.79. The van der Waals surface area contributed by atoms with Crippen LogP contribution in [0.1, 0.15) is 44.5 Å². The highest BCUT2D eigenvalue weighted by Crippen LogP contribution is 2.26. The Morgan fingerprint density at radius 3 is 2.54 bits per heavy atom. The van der Waals surface area contributed by atoms with E-state index in [1.165, 1.54) is 0 Å². The maximum Gasteiger partial charge on any atom is 0.249 e. The van der Waals surface area contributed by atoms with Gasteiger partial charge in [0.25, 0.3) is 0 Å². The molecule has 1 saturated carbocycles. The third-order valence-corrected chi connectivity index (χ3v) is 4.54. The zero-order valence-corrected chi connectivity index (χ0v) is 14.5. The summed E-state index contributed by atoms with van der Waals surface area (Å²) in [4.78, 5) is 18.7. The van der Waals surface area contributed by atoms with Gasteiger partial charge >= 0.3 is 0 Å². The molecule has 1 fully saturated rings. The standard InChI is InChI=1S/C18H24N4O2/c1-12(19-17(23)14-6-4-5-7-14)18-20-16(21-24-18)13-8-10-15(11-9-13)22(2)3/h8-12,14H,4-7H2,1-3H3,(H,19,23). The van der Waals surface area contributed by atoms with E-state index in [4.69, 9.17) is 4.52 Å². The molecule has 0 aliphatic heterocycles. The second-order valence-corrected chi connectivity index (χ2v) is 6.61. The molecule has 0 bridgehead atoms. The molecule has 0 spiro atoms. The van der Waals surface area contributed by atoms with E-state index in [2.05, 4.69) is 15.5 Å². The molecule has 6 heteroatoms. The molecule has 2 aromatic rings. The van der Waals surface area contributed by atoms with Gasteiger partial charge in [-0.15, -0.1) is 0 Å². The van der Waals surface area contributed by atoms with Gasteiger partial charge in [0, 0.05) is 31.3 Å². The van der Waals surface area contributed by atoms with E-state index in [1.807, 2.05) is 50.2 Å². The number of nitrogens with zero attached hydrogens (tertiary/aromatic N) is 3. The summed E-state index contributed by atoms with van der Waals surface area (Å²) < 4.78 is 5.34. The predicted molar refractivity (Wildman–Crippen MR) is 92.6 cm³/mol. The molecule has 0 saturated heterocycles.